The molecule has 0 spiro atoms. The Hall–Kier alpha value is -0.870. The van der Waals surface area contributed by atoms with Crippen molar-refractivity contribution in [3.63, 3.8) is 0 Å². The molecule has 0 aromatic heterocycles. The van der Waals surface area contributed by atoms with E-state index in [0.29, 0.717) is 18.6 Å². The van der Waals surface area contributed by atoms with Crippen LogP contribution >= 0.6 is 0 Å². The van der Waals surface area contributed by atoms with E-state index >= 15 is 0 Å². The molecule has 0 saturated carbocycles. The Morgan fingerprint density at radius 2 is 2.00 bits per heavy atom. The van der Waals surface area contributed by atoms with Crippen molar-refractivity contribution in [3.05, 3.63) is 11.6 Å². The predicted octanol–water partition coefficient (Wildman–Crippen LogP) is 1.92. The summed E-state index contributed by atoms with van der Waals surface area (Å²) in [5, 5.41) is 9.77. The smallest absolute Gasteiger partial charge is 0.333 e. The minimum absolute atomic E-state index is 0.104. The van der Waals surface area contributed by atoms with E-state index < -0.39 is 6.10 Å². The fraction of sp³-hybridized carbons (Fsp3) is 0.769. The molecular weight excluding hydrogens is 220 g/mol. The van der Waals surface area contributed by atoms with E-state index in [2.05, 4.69) is 0 Å². The van der Waals surface area contributed by atoms with E-state index in [1.165, 1.54) is 0 Å². The summed E-state index contributed by atoms with van der Waals surface area (Å²) in [7, 11) is 1.57. The zero-order valence-electron chi connectivity index (χ0n) is 11.4. The van der Waals surface area contributed by atoms with E-state index in [9.17, 15) is 9.90 Å². The number of rotatable bonds is 7. The van der Waals surface area contributed by atoms with Crippen molar-refractivity contribution in [2.45, 2.75) is 46.3 Å². The number of ether oxygens (including phenoxy) is 2. The molecule has 0 unspecified atom stereocenters. The predicted molar refractivity (Wildman–Crippen MR) is 66.6 cm³/mol. The van der Waals surface area contributed by atoms with Gasteiger partial charge in [0.15, 0.2) is 0 Å². The van der Waals surface area contributed by atoms with Crippen LogP contribution in [-0.4, -0.2) is 37.0 Å². The minimum Gasteiger partial charge on any atom is -0.463 e. The molecular formula is C13H24O4. The summed E-state index contributed by atoms with van der Waals surface area (Å²) >= 11 is 0. The van der Waals surface area contributed by atoms with Gasteiger partial charge in [-0.1, -0.05) is 13.0 Å². The Morgan fingerprint density at radius 1 is 1.41 bits per heavy atom. The van der Waals surface area contributed by atoms with Crippen LogP contribution in [0.1, 0.15) is 34.1 Å². The van der Waals surface area contributed by atoms with Crippen LogP contribution in [0.4, 0.5) is 0 Å². The van der Waals surface area contributed by atoms with E-state index in [-0.39, 0.29) is 18.0 Å². The van der Waals surface area contributed by atoms with E-state index in [4.69, 9.17) is 9.47 Å². The maximum atomic E-state index is 11.4. The molecule has 0 aromatic carbocycles. The highest BCUT2D eigenvalue weighted by atomic mass is 16.5. The quantitative estimate of drug-likeness (QED) is 0.549. The van der Waals surface area contributed by atoms with Gasteiger partial charge in [0.1, 0.15) is 0 Å². The highest BCUT2D eigenvalue weighted by Crippen LogP contribution is 2.14. The third-order valence-corrected chi connectivity index (χ3v) is 2.66. The second-order valence-electron chi connectivity index (χ2n) is 4.29. The molecule has 0 heterocycles. The summed E-state index contributed by atoms with van der Waals surface area (Å²) in [6, 6.07) is 0. The summed E-state index contributed by atoms with van der Waals surface area (Å²) in [6.07, 6.45) is 1.66. The topological polar surface area (TPSA) is 55.8 Å². The standard InChI is InChI=1S/C13H24O4/c1-6-17-13(15)10(3)7-9(2)8-12(14)11(4)16-5/h7,9,11-12,14H,6,8H2,1-5H3/b10-7+/t9-,11-,12-/m1/s1. The van der Waals surface area contributed by atoms with Gasteiger partial charge in [0.25, 0.3) is 0 Å². The van der Waals surface area contributed by atoms with Crippen LogP contribution in [0, 0.1) is 5.92 Å². The number of aliphatic hydroxyl groups excluding tert-OH is 1. The van der Waals surface area contributed by atoms with E-state index in [1.54, 1.807) is 21.0 Å². The number of aliphatic hydroxyl groups is 1. The van der Waals surface area contributed by atoms with Crippen LogP contribution in [0.5, 0.6) is 0 Å². The molecule has 100 valence electrons. The summed E-state index contributed by atoms with van der Waals surface area (Å²) in [5.74, 6) is -0.194. The van der Waals surface area contributed by atoms with Crippen molar-refractivity contribution in [2.75, 3.05) is 13.7 Å². The van der Waals surface area contributed by atoms with Crippen LogP contribution in [0.2, 0.25) is 0 Å². The lowest BCUT2D eigenvalue weighted by Gasteiger charge is -2.19. The Bertz CT molecular complexity index is 260. The molecule has 0 aliphatic heterocycles. The zero-order valence-corrected chi connectivity index (χ0v) is 11.4. The molecule has 4 nitrogen and oxygen atoms in total. The van der Waals surface area contributed by atoms with Crippen molar-refractivity contribution in [3.8, 4) is 0 Å². The van der Waals surface area contributed by atoms with Gasteiger partial charge in [0.05, 0.1) is 18.8 Å². The monoisotopic (exact) mass is 244 g/mol. The average molecular weight is 244 g/mol. The first-order valence-corrected chi connectivity index (χ1v) is 5.98. The van der Waals surface area contributed by atoms with Gasteiger partial charge < -0.3 is 14.6 Å². The van der Waals surface area contributed by atoms with Crippen molar-refractivity contribution in [2.24, 2.45) is 5.92 Å². The van der Waals surface area contributed by atoms with Crippen molar-refractivity contribution >= 4 is 5.97 Å². The molecule has 17 heavy (non-hydrogen) atoms. The van der Waals surface area contributed by atoms with Crippen LogP contribution in [0.15, 0.2) is 11.6 Å². The number of hydrogen-bond acceptors (Lipinski definition) is 4. The molecule has 1 N–H and O–H groups in total. The van der Waals surface area contributed by atoms with Gasteiger partial charge >= 0.3 is 5.97 Å². The molecule has 3 atom stereocenters. The Balaban J connectivity index is 4.28. The minimum atomic E-state index is -0.527. The fourth-order valence-electron chi connectivity index (χ4n) is 1.54. The van der Waals surface area contributed by atoms with Gasteiger partial charge in [0.2, 0.25) is 0 Å². The summed E-state index contributed by atoms with van der Waals surface area (Å²) < 4.78 is 9.93. The van der Waals surface area contributed by atoms with Crippen molar-refractivity contribution < 1.29 is 19.4 Å². The van der Waals surface area contributed by atoms with Gasteiger partial charge in [-0.05, 0) is 33.1 Å². The first-order chi connectivity index (χ1) is 7.92. The maximum absolute atomic E-state index is 11.4. The molecule has 0 aromatic rings. The van der Waals surface area contributed by atoms with Gasteiger partial charge in [-0.15, -0.1) is 0 Å². The number of carbonyl (C=O) groups excluding carboxylic acids is 1. The summed E-state index contributed by atoms with van der Waals surface area (Å²) in [6.45, 7) is 7.65. The summed E-state index contributed by atoms with van der Waals surface area (Å²) in [5.41, 5.74) is 0.580. The average Bonchev–Trinajstić information content (AvgIpc) is 2.27. The maximum Gasteiger partial charge on any atom is 0.333 e. The second kappa shape index (κ2) is 8.25. The lowest BCUT2D eigenvalue weighted by Crippen LogP contribution is -2.26. The van der Waals surface area contributed by atoms with Gasteiger partial charge in [-0.25, -0.2) is 4.79 Å². The third kappa shape index (κ3) is 6.44. The number of esters is 1. The zero-order chi connectivity index (χ0) is 13.4. The third-order valence-electron chi connectivity index (χ3n) is 2.66. The number of allylic oxidation sites excluding steroid dienone is 1. The molecule has 0 aliphatic carbocycles. The molecule has 0 bridgehead atoms. The van der Waals surface area contributed by atoms with E-state index in [0.717, 1.165) is 0 Å². The summed E-state index contributed by atoms with van der Waals surface area (Å²) in [4.78, 5) is 11.4. The second-order valence-corrected chi connectivity index (χ2v) is 4.29. The largest absolute Gasteiger partial charge is 0.463 e. The van der Waals surface area contributed by atoms with Crippen molar-refractivity contribution in [1.82, 2.24) is 0 Å². The highest BCUT2D eigenvalue weighted by molar-refractivity contribution is 5.87. The fourth-order valence-corrected chi connectivity index (χ4v) is 1.54. The number of hydrogen-bond donors (Lipinski definition) is 1. The Kier molecular flexibility index (Phi) is 7.83. The van der Waals surface area contributed by atoms with Crippen LogP contribution in [-0.2, 0) is 14.3 Å². The molecule has 0 aliphatic rings. The first kappa shape index (κ1) is 16.1. The molecule has 4 heteroatoms. The van der Waals surface area contributed by atoms with Crippen LogP contribution < -0.4 is 0 Å². The van der Waals surface area contributed by atoms with Gasteiger partial charge in [-0.3, -0.25) is 0 Å². The molecule has 0 rings (SSSR count). The Labute approximate surface area is 104 Å². The lowest BCUT2D eigenvalue weighted by molar-refractivity contribution is -0.138. The molecule has 0 saturated heterocycles. The normalized spacial score (nSPS) is 17.4. The van der Waals surface area contributed by atoms with Gasteiger partial charge in [0, 0.05) is 12.7 Å². The van der Waals surface area contributed by atoms with E-state index in [1.807, 2.05) is 19.9 Å². The lowest BCUT2D eigenvalue weighted by atomic mass is 9.98. The molecule has 0 fully saturated rings. The van der Waals surface area contributed by atoms with Gasteiger partial charge in [-0.2, -0.15) is 0 Å². The SMILES string of the molecule is CCOC(=O)/C(C)=C/[C@@H](C)C[C@@H](O)[C@@H](C)OC. The molecule has 0 amide bonds. The van der Waals surface area contributed by atoms with Crippen LogP contribution in [0.25, 0.3) is 0 Å². The first-order valence-electron chi connectivity index (χ1n) is 5.98. The number of carbonyl (C=O) groups is 1. The van der Waals surface area contributed by atoms with Crippen molar-refractivity contribution in [1.29, 1.82) is 0 Å². The number of methoxy groups -OCH3 is 1. The highest BCUT2D eigenvalue weighted by Gasteiger charge is 2.16. The Morgan fingerprint density at radius 3 is 2.47 bits per heavy atom. The van der Waals surface area contributed by atoms with Crippen LogP contribution in [0.3, 0.4) is 0 Å². The molecule has 0 radical (unpaired) electrons.